The molecular formula is C15H20O4. The van der Waals surface area contributed by atoms with Gasteiger partial charge in [0.25, 0.3) is 0 Å². The molecule has 0 aromatic carbocycles. The van der Waals surface area contributed by atoms with E-state index in [4.69, 9.17) is 9.47 Å². The molecule has 2 aliphatic heterocycles. The Hall–Kier alpha value is -1.13. The van der Waals surface area contributed by atoms with Crippen LogP contribution in [0.25, 0.3) is 0 Å². The Morgan fingerprint density at radius 1 is 1.53 bits per heavy atom. The first-order valence-corrected chi connectivity index (χ1v) is 6.75. The van der Waals surface area contributed by atoms with Gasteiger partial charge in [-0.3, -0.25) is 0 Å². The second-order valence-electron chi connectivity index (χ2n) is 6.33. The van der Waals surface area contributed by atoms with E-state index in [2.05, 4.69) is 20.4 Å². The number of allylic oxidation sites excluding steroid dienone is 1. The van der Waals surface area contributed by atoms with Crippen molar-refractivity contribution in [1.82, 2.24) is 0 Å². The molecule has 3 aliphatic rings. The van der Waals surface area contributed by atoms with Gasteiger partial charge in [0.05, 0.1) is 24.4 Å². The van der Waals surface area contributed by atoms with Gasteiger partial charge in [-0.15, -0.1) is 6.58 Å². The molecule has 3 rings (SSSR count). The van der Waals surface area contributed by atoms with E-state index in [0.717, 1.165) is 25.0 Å². The number of hydrogen-bond donors (Lipinski definition) is 1. The van der Waals surface area contributed by atoms with Gasteiger partial charge in [0.1, 0.15) is 6.10 Å². The maximum absolute atomic E-state index is 11.7. The average Bonchev–Trinajstić information content (AvgIpc) is 3.03. The lowest BCUT2D eigenvalue weighted by Gasteiger charge is -2.44. The third-order valence-electron chi connectivity index (χ3n) is 5.08. The van der Waals surface area contributed by atoms with Crippen molar-refractivity contribution in [3.05, 3.63) is 23.8 Å². The van der Waals surface area contributed by atoms with Crippen LogP contribution in [0.2, 0.25) is 0 Å². The van der Waals surface area contributed by atoms with Crippen LogP contribution in [0.3, 0.4) is 0 Å². The molecule has 1 saturated carbocycles. The van der Waals surface area contributed by atoms with Crippen molar-refractivity contribution in [2.45, 2.75) is 38.4 Å². The highest BCUT2D eigenvalue weighted by molar-refractivity contribution is 5.92. The van der Waals surface area contributed by atoms with Crippen LogP contribution in [0.15, 0.2) is 23.8 Å². The molecule has 1 aliphatic carbocycles. The lowest BCUT2D eigenvalue weighted by Crippen LogP contribution is -2.43. The minimum absolute atomic E-state index is 0.107. The van der Waals surface area contributed by atoms with E-state index in [1.54, 1.807) is 0 Å². The SMILES string of the molecule is C=CC1(C)CC2OC(=O)C(CO)=C2CC1C1(C)CO1. The number of carbonyl (C=O) groups is 1. The molecule has 2 heterocycles. The van der Waals surface area contributed by atoms with Crippen molar-refractivity contribution < 1.29 is 19.4 Å². The van der Waals surface area contributed by atoms with Gasteiger partial charge >= 0.3 is 5.97 Å². The van der Waals surface area contributed by atoms with E-state index in [-0.39, 0.29) is 35.6 Å². The lowest BCUT2D eigenvalue weighted by atomic mass is 9.61. The van der Waals surface area contributed by atoms with E-state index in [1.807, 2.05) is 6.08 Å². The van der Waals surface area contributed by atoms with Gasteiger partial charge in [-0.1, -0.05) is 13.0 Å². The Labute approximate surface area is 113 Å². The zero-order chi connectivity index (χ0) is 13.8. The monoisotopic (exact) mass is 264 g/mol. The van der Waals surface area contributed by atoms with E-state index in [1.165, 1.54) is 0 Å². The smallest absolute Gasteiger partial charge is 0.337 e. The average molecular weight is 264 g/mol. The number of fused-ring (bicyclic) bond motifs is 1. The molecule has 4 nitrogen and oxygen atoms in total. The standard InChI is InChI=1S/C15H20O4/c1-4-14(2)6-11-9(10(7-16)13(17)19-11)5-12(14)15(3)8-18-15/h4,11-12,16H,1,5-8H2,2-3H3. The molecule has 0 bridgehead atoms. The largest absolute Gasteiger partial charge is 0.454 e. The van der Waals surface area contributed by atoms with Crippen LogP contribution in [0.4, 0.5) is 0 Å². The van der Waals surface area contributed by atoms with Crippen molar-refractivity contribution in [2.75, 3.05) is 13.2 Å². The van der Waals surface area contributed by atoms with Crippen LogP contribution in [-0.4, -0.2) is 36.0 Å². The molecule has 0 aromatic rings. The van der Waals surface area contributed by atoms with Crippen LogP contribution in [-0.2, 0) is 14.3 Å². The lowest BCUT2D eigenvalue weighted by molar-refractivity contribution is -0.142. The van der Waals surface area contributed by atoms with Gasteiger partial charge in [-0.05, 0) is 30.8 Å². The van der Waals surface area contributed by atoms with E-state index in [9.17, 15) is 9.90 Å². The fourth-order valence-corrected chi connectivity index (χ4v) is 3.63. The Kier molecular flexibility index (Phi) is 2.67. The predicted octanol–water partition coefficient (Wildman–Crippen LogP) is 1.59. The van der Waals surface area contributed by atoms with Crippen LogP contribution < -0.4 is 0 Å². The summed E-state index contributed by atoms with van der Waals surface area (Å²) in [5.74, 6) is -0.0868. The Balaban J connectivity index is 1.99. The summed E-state index contributed by atoms with van der Waals surface area (Å²) >= 11 is 0. The maximum Gasteiger partial charge on any atom is 0.337 e. The first kappa shape index (κ1) is 12.9. The molecule has 1 N–H and O–H groups in total. The van der Waals surface area contributed by atoms with Gasteiger partial charge in [-0.25, -0.2) is 4.79 Å². The zero-order valence-electron chi connectivity index (χ0n) is 11.4. The number of epoxide rings is 1. The number of ether oxygens (including phenoxy) is 2. The van der Waals surface area contributed by atoms with Gasteiger partial charge < -0.3 is 14.6 Å². The topological polar surface area (TPSA) is 59.1 Å². The molecular weight excluding hydrogens is 244 g/mol. The Bertz CT molecular complexity index is 475. The Morgan fingerprint density at radius 2 is 2.21 bits per heavy atom. The molecule has 2 fully saturated rings. The van der Waals surface area contributed by atoms with E-state index < -0.39 is 0 Å². The van der Waals surface area contributed by atoms with Crippen molar-refractivity contribution in [3.63, 3.8) is 0 Å². The minimum Gasteiger partial charge on any atom is -0.454 e. The van der Waals surface area contributed by atoms with Gasteiger partial charge in [0.15, 0.2) is 0 Å². The summed E-state index contributed by atoms with van der Waals surface area (Å²) in [5.41, 5.74) is 1.18. The van der Waals surface area contributed by atoms with Crippen LogP contribution in [0.5, 0.6) is 0 Å². The number of aliphatic hydroxyl groups is 1. The maximum atomic E-state index is 11.7. The second kappa shape index (κ2) is 3.93. The summed E-state index contributed by atoms with van der Waals surface area (Å²) in [6.07, 6.45) is 3.23. The quantitative estimate of drug-likeness (QED) is 0.478. The molecule has 19 heavy (non-hydrogen) atoms. The Morgan fingerprint density at radius 3 is 2.74 bits per heavy atom. The minimum atomic E-state index is -0.364. The highest BCUT2D eigenvalue weighted by atomic mass is 16.6. The number of rotatable bonds is 3. The van der Waals surface area contributed by atoms with Gasteiger partial charge in [-0.2, -0.15) is 0 Å². The van der Waals surface area contributed by atoms with Gasteiger partial charge in [0, 0.05) is 5.92 Å². The molecule has 104 valence electrons. The summed E-state index contributed by atoms with van der Waals surface area (Å²) in [5, 5.41) is 9.36. The van der Waals surface area contributed by atoms with E-state index in [0.29, 0.717) is 5.57 Å². The second-order valence-corrected chi connectivity index (χ2v) is 6.33. The fraction of sp³-hybridized carbons (Fsp3) is 0.667. The summed E-state index contributed by atoms with van der Waals surface area (Å²) in [7, 11) is 0. The number of carbonyl (C=O) groups excluding carboxylic acids is 1. The third-order valence-corrected chi connectivity index (χ3v) is 5.08. The first-order chi connectivity index (χ1) is 8.93. The predicted molar refractivity (Wildman–Crippen MR) is 69.4 cm³/mol. The molecule has 0 amide bonds. The van der Waals surface area contributed by atoms with Crippen molar-refractivity contribution in [1.29, 1.82) is 0 Å². The van der Waals surface area contributed by atoms with Crippen LogP contribution >= 0.6 is 0 Å². The molecule has 4 atom stereocenters. The molecule has 0 spiro atoms. The molecule has 0 aromatic heterocycles. The molecule has 0 radical (unpaired) electrons. The summed E-state index contributed by atoms with van der Waals surface area (Å²) < 4.78 is 11.0. The highest BCUT2D eigenvalue weighted by Crippen LogP contribution is 2.56. The summed E-state index contributed by atoms with van der Waals surface area (Å²) in [6, 6.07) is 0. The van der Waals surface area contributed by atoms with Crippen LogP contribution in [0, 0.1) is 11.3 Å². The zero-order valence-corrected chi connectivity index (χ0v) is 11.4. The number of aliphatic hydroxyl groups excluding tert-OH is 1. The van der Waals surface area contributed by atoms with Gasteiger partial charge in [0.2, 0.25) is 0 Å². The summed E-state index contributed by atoms with van der Waals surface area (Å²) in [6.45, 7) is 8.73. The summed E-state index contributed by atoms with van der Waals surface area (Å²) in [4.78, 5) is 11.7. The van der Waals surface area contributed by atoms with Crippen molar-refractivity contribution in [3.8, 4) is 0 Å². The number of hydrogen-bond acceptors (Lipinski definition) is 4. The van der Waals surface area contributed by atoms with Crippen LogP contribution in [0.1, 0.15) is 26.7 Å². The molecule has 1 saturated heterocycles. The van der Waals surface area contributed by atoms with Crippen molar-refractivity contribution in [2.24, 2.45) is 11.3 Å². The first-order valence-electron chi connectivity index (χ1n) is 6.75. The molecule has 4 heteroatoms. The van der Waals surface area contributed by atoms with E-state index >= 15 is 0 Å². The highest BCUT2D eigenvalue weighted by Gasteiger charge is 2.58. The normalized spacial score (nSPS) is 44.9. The fourth-order valence-electron chi connectivity index (χ4n) is 3.63. The number of esters is 1. The van der Waals surface area contributed by atoms with Crippen molar-refractivity contribution >= 4 is 5.97 Å². The third kappa shape index (κ3) is 1.77. The molecule has 4 unspecified atom stereocenters.